The molecule has 6 heteroatoms. The van der Waals surface area contributed by atoms with Gasteiger partial charge in [0.2, 0.25) is 0 Å². The summed E-state index contributed by atoms with van der Waals surface area (Å²) in [6.45, 7) is 6.19. The van der Waals surface area contributed by atoms with Crippen LogP contribution in [0.1, 0.15) is 26.7 Å². The SMILES string of the molecule is CC(C)N(C)CCCCNc1cccc(S(C)(=O)=O)c1N. The van der Waals surface area contributed by atoms with Crippen molar-refractivity contribution in [2.24, 2.45) is 0 Å². The van der Waals surface area contributed by atoms with Crippen molar-refractivity contribution in [1.82, 2.24) is 4.90 Å². The summed E-state index contributed by atoms with van der Waals surface area (Å²) in [6, 6.07) is 5.61. The molecule has 21 heavy (non-hydrogen) atoms. The fourth-order valence-electron chi connectivity index (χ4n) is 1.99. The number of hydrogen-bond donors (Lipinski definition) is 2. The molecular formula is C15H27N3O2S. The third-order valence-electron chi connectivity index (χ3n) is 3.60. The molecule has 120 valence electrons. The van der Waals surface area contributed by atoms with Gasteiger partial charge >= 0.3 is 0 Å². The topological polar surface area (TPSA) is 75.4 Å². The van der Waals surface area contributed by atoms with Gasteiger partial charge in [0.05, 0.1) is 16.3 Å². The molecule has 0 fully saturated rings. The first-order valence-electron chi connectivity index (χ1n) is 7.26. The summed E-state index contributed by atoms with van der Waals surface area (Å²) in [5.74, 6) is 0. The van der Waals surface area contributed by atoms with Crippen LogP contribution in [0.4, 0.5) is 11.4 Å². The van der Waals surface area contributed by atoms with Crippen molar-refractivity contribution in [1.29, 1.82) is 0 Å². The molecule has 0 radical (unpaired) electrons. The number of nitrogens with two attached hydrogens (primary N) is 1. The van der Waals surface area contributed by atoms with Gasteiger partial charge in [-0.05, 0) is 52.4 Å². The average molecular weight is 313 g/mol. The molecule has 0 bridgehead atoms. The molecule has 0 saturated carbocycles. The lowest BCUT2D eigenvalue weighted by Crippen LogP contribution is -2.27. The van der Waals surface area contributed by atoms with E-state index in [9.17, 15) is 8.42 Å². The van der Waals surface area contributed by atoms with Crippen LogP contribution >= 0.6 is 0 Å². The lowest BCUT2D eigenvalue weighted by molar-refractivity contribution is 0.269. The van der Waals surface area contributed by atoms with E-state index < -0.39 is 9.84 Å². The normalized spacial score (nSPS) is 12.1. The second-order valence-corrected chi connectivity index (χ2v) is 7.68. The molecule has 0 unspecified atom stereocenters. The molecule has 0 aliphatic heterocycles. The van der Waals surface area contributed by atoms with Gasteiger partial charge in [-0.15, -0.1) is 0 Å². The number of para-hydroxylation sites is 1. The smallest absolute Gasteiger partial charge is 0.177 e. The maximum Gasteiger partial charge on any atom is 0.177 e. The van der Waals surface area contributed by atoms with E-state index in [1.54, 1.807) is 6.07 Å². The van der Waals surface area contributed by atoms with Crippen LogP contribution in [-0.4, -0.2) is 45.8 Å². The van der Waals surface area contributed by atoms with Gasteiger partial charge in [-0.3, -0.25) is 0 Å². The Morgan fingerprint density at radius 1 is 1.29 bits per heavy atom. The third kappa shape index (κ3) is 5.55. The number of rotatable bonds is 8. The fourth-order valence-corrected chi connectivity index (χ4v) is 2.82. The van der Waals surface area contributed by atoms with Crippen molar-refractivity contribution in [2.45, 2.75) is 37.6 Å². The van der Waals surface area contributed by atoms with E-state index >= 15 is 0 Å². The van der Waals surface area contributed by atoms with Crippen LogP contribution in [0, 0.1) is 0 Å². The predicted molar refractivity (Wildman–Crippen MR) is 89.5 cm³/mol. The van der Waals surface area contributed by atoms with Crippen molar-refractivity contribution in [2.75, 3.05) is 37.4 Å². The van der Waals surface area contributed by atoms with Crippen LogP contribution in [0.3, 0.4) is 0 Å². The number of anilines is 2. The van der Waals surface area contributed by atoms with Gasteiger partial charge in [0.25, 0.3) is 0 Å². The number of nitrogen functional groups attached to an aromatic ring is 1. The number of hydrogen-bond acceptors (Lipinski definition) is 5. The summed E-state index contributed by atoms with van der Waals surface area (Å²) < 4.78 is 23.2. The van der Waals surface area contributed by atoms with Crippen LogP contribution in [0.2, 0.25) is 0 Å². The minimum Gasteiger partial charge on any atom is -0.396 e. The van der Waals surface area contributed by atoms with E-state index in [4.69, 9.17) is 5.73 Å². The number of unbranched alkanes of at least 4 members (excludes halogenated alkanes) is 1. The molecule has 5 nitrogen and oxygen atoms in total. The summed E-state index contributed by atoms with van der Waals surface area (Å²) in [5.41, 5.74) is 6.92. The standard InChI is InChI=1S/C15H27N3O2S/c1-12(2)18(3)11-6-5-10-17-13-8-7-9-14(15(13)16)21(4,19)20/h7-9,12,17H,5-6,10-11,16H2,1-4H3. The highest BCUT2D eigenvalue weighted by Crippen LogP contribution is 2.26. The van der Waals surface area contributed by atoms with Crippen LogP contribution < -0.4 is 11.1 Å². The number of nitrogens with zero attached hydrogens (tertiary/aromatic N) is 1. The Morgan fingerprint density at radius 2 is 1.95 bits per heavy atom. The number of sulfone groups is 1. The van der Waals surface area contributed by atoms with E-state index in [1.807, 2.05) is 6.07 Å². The van der Waals surface area contributed by atoms with Crippen molar-refractivity contribution in [3.05, 3.63) is 18.2 Å². The van der Waals surface area contributed by atoms with E-state index in [-0.39, 0.29) is 4.90 Å². The number of nitrogens with one attached hydrogen (secondary N) is 1. The highest BCUT2D eigenvalue weighted by molar-refractivity contribution is 7.90. The monoisotopic (exact) mass is 313 g/mol. The molecule has 0 aliphatic carbocycles. The maximum absolute atomic E-state index is 11.6. The van der Waals surface area contributed by atoms with Crippen molar-refractivity contribution in [3.8, 4) is 0 Å². The zero-order valence-electron chi connectivity index (χ0n) is 13.4. The Hall–Kier alpha value is -1.27. The molecule has 1 aromatic rings. The molecular weight excluding hydrogens is 286 g/mol. The van der Waals surface area contributed by atoms with Crippen molar-refractivity contribution >= 4 is 21.2 Å². The summed E-state index contributed by atoms with van der Waals surface area (Å²) in [4.78, 5) is 2.49. The second kappa shape index (κ2) is 7.66. The number of benzene rings is 1. The molecule has 0 saturated heterocycles. The Kier molecular flexibility index (Phi) is 6.48. The molecule has 0 heterocycles. The Bertz CT molecular complexity index is 556. The van der Waals surface area contributed by atoms with Gasteiger partial charge in [-0.1, -0.05) is 6.07 Å². The van der Waals surface area contributed by atoms with Crippen molar-refractivity contribution in [3.63, 3.8) is 0 Å². The minimum absolute atomic E-state index is 0.187. The Morgan fingerprint density at radius 3 is 2.52 bits per heavy atom. The lowest BCUT2D eigenvalue weighted by atomic mass is 10.2. The fraction of sp³-hybridized carbons (Fsp3) is 0.600. The van der Waals surface area contributed by atoms with Gasteiger partial charge in [-0.2, -0.15) is 0 Å². The van der Waals surface area contributed by atoms with E-state index in [1.165, 1.54) is 12.3 Å². The van der Waals surface area contributed by atoms with E-state index in [2.05, 4.69) is 31.1 Å². The van der Waals surface area contributed by atoms with Gasteiger partial charge in [-0.25, -0.2) is 8.42 Å². The third-order valence-corrected chi connectivity index (χ3v) is 4.76. The van der Waals surface area contributed by atoms with Gasteiger partial charge in [0.1, 0.15) is 0 Å². The summed E-state index contributed by atoms with van der Waals surface area (Å²) in [7, 11) is -1.17. The molecule has 0 aromatic heterocycles. The van der Waals surface area contributed by atoms with Crippen LogP contribution in [-0.2, 0) is 9.84 Å². The van der Waals surface area contributed by atoms with Gasteiger partial charge in [0.15, 0.2) is 9.84 Å². The first kappa shape index (κ1) is 17.8. The van der Waals surface area contributed by atoms with Gasteiger partial charge in [0, 0.05) is 18.8 Å². The molecule has 0 atom stereocenters. The molecule has 0 spiro atoms. The zero-order valence-corrected chi connectivity index (χ0v) is 14.2. The first-order chi connectivity index (χ1) is 9.73. The highest BCUT2D eigenvalue weighted by atomic mass is 32.2. The molecule has 1 rings (SSSR count). The average Bonchev–Trinajstić information content (AvgIpc) is 2.38. The molecule has 3 N–H and O–H groups in total. The zero-order chi connectivity index (χ0) is 16.0. The first-order valence-corrected chi connectivity index (χ1v) is 9.15. The molecule has 1 aromatic carbocycles. The predicted octanol–water partition coefficient (Wildman–Crippen LogP) is 2.20. The van der Waals surface area contributed by atoms with Crippen LogP contribution in [0.25, 0.3) is 0 Å². The summed E-state index contributed by atoms with van der Waals surface area (Å²) in [5, 5.41) is 3.22. The van der Waals surface area contributed by atoms with Crippen LogP contribution in [0.15, 0.2) is 23.1 Å². The molecule has 0 amide bonds. The molecule has 0 aliphatic rings. The largest absolute Gasteiger partial charge is 0.396 e. The lowest BCUT2D eigenvalue weighted by Gasteiger charge is -2.20. The minimum atomic E-state index is -3.28. The second-order valence-electron chi connectivity index (χ2n) is 5.70. The summed E-state index contributed by atoms with van der Waals surface area (Å²) in [6.07, 6.45) is 3.27. The van der Waals surface area contributed by atoms with Gasteiger partial charge < -0.3 is 16.0 Å². The van der Waals surface area contributed by atoms with E-state index in [0.29, 0.717) is 17.4 Å². The highest BCUT2D eigenvalue weighted by Gasteiger charge is 2.13. The Labute approximate surface area is 128 Å². The van der Waals surface area contributed by atoms with Crippen molar-refractivity contribution < 1.29 is 8.42 Å². The maximum atomic E-state index is 11.6. The van der Waals surface area contributed by atoms with Crippen LogP contribution in [0.5, 0.6) is 0 Å². The quantitative estimate of drug-likeness (QED) is 0.568. The van der Waals surface area contributed by atoms with E-state index in [0.717, 1.165) is 25.9 Å². The Balaban J connectivity index is 2.50. The summed E-state index contributed by atoms with van der Waals surface area (Å²) >= 11 is 0.